The van der Waals surface area contributed by atoms with Crippen molar-refractivity contribution in [3.63, 3.8) is 0 Å². The average Bonchev–Trinajstić information content (AvgIpc) is 2.35. The predicted molar refractivity (Wildman–Crippen MR) is 78.3 cm³/mol. The van der Waals surface area contributed by atoms with E-state index in [4.69, 9.17) is 11.6 Å². The fourth-order valence-electron chi connectivity index (χ4n) is 2.31. The lowest BCUT2D eigenvalue weighted by atomic mass is 10.0. The molecule has 112 valence electrons. The minimum Gasteiger partial charge on any atom is -0.382 e. The van der Waals surface area contributed by atoms with Crippen molar-refractivity contribution in [2.24, 2.45) is 0 Å². The number of rotatable bonds is 3. The van der Waals surface area contributed by atoms with Crippen LogP contribution in [0.4, 0.5) is 18.9 Å². The van der Waals surface area contributed by atoms with E-state index in [1.54, 1.807) is 0 Å². The first kappa shape index (κ1) is 15.9. The first-order chi connectivity index (χ1) is 9.33. The molecule has 7 heteroatoms. The summed E-state index contributed by atoms with van der Waals surface area (Å²) < 4.78 is 37.7. The third kappa shape index (κ3) is 4.82. The van der Waals surface area contributed by atoms with E-state index >= 15 is 0 Å². The van der Waals surface area contributed by atoms with Crippen molar-refractivity contribution in [3.05, 3.63) is 27.7 Å². The standard InChI is InChI=1S/C13H15BrClF3N2/c14-11-2-1-10(7-12(11)15)19-9-3-5-20(6-4-9)8-13(16,17)18/h1-2,7,9,19H,3-6,8H2. The van der Waals surface area contributed by atoms with Crippen LogP contribution in [0, 0.1) is 0 Å². The second-order valence-corrected chi connectivity index (χ2v) is 6.20. The van der Waals surface area contributed by atoms with E-state index in [1.165, 1.54) is 4.90 Å². The van der Waals surface area contributed by atoms with Crippen LogP contribution < -0.4 is 5.32 Å². The highest BCUT2D eigenvalue weighted by atomic mass is 79.9. The smallest absolute Gasteiger partial charge is 0.382 e. The highest BCUT2D eigenvalue weighted by Crippen LogP contribution is 2.27. The first-order valence-electron chi connectivity index (χ1n) is 6.34. The van der Waals surface area contributed by atoms with Crippen LogP contribution in [-0.2, 0) is 0 Å². The molecule has 1 saturated heterocycles. The van der Waals surface area contributed by atoms with Crippen LogP contribution in [0.15, 0.2) is 22.7 Å². The molecule has 1 N–H and O–H groups in total. The van der Waals surface area contributed by atoms with E-state index < -0.39 is 12.7 Å². The van der Waals surface area contributed by atoms with Gasteiger partial charge in [0.05, 0.1) is 11.6 Å². The fraction of sp³-hybridized carbons (Fsp3) is 0.538. The Bertz CT molecular complexity index is 459. The molecule has 0 spiro atoms. The average molecular weight is 372 g/mol. The largest absolute Gasteiger partial charge is 0.401 e. The van der Waals surface area contributed by atoms with Gasteiger partial charge in [0.25, 0.3) is 0 Å². The molecule has 0 amide bonds. The molecule has 1 aromatic rings. The van der Waals surface area contributed by atoms with Crippen LogP contribution in [0.25, 0.3) is 0 Å². The van der Waals surface area contributed by atoms with E-state index in [0.29, 0.717) is 31.0 Å². The summed E-state index contributed by atoms with van der Waals surface area (Å²) in [6.45, 7) is 0.104. The number of piperidine rings is 1. The number of hydrogen-bond donors (Lipinski definition) is 1. The van der Waals surface area contributed by atoms with E-state index in [2.05, 4.69) is 21.2 Å². The molecule has 1 aromatic carbocycles. The van der Waals surface area contributed by atoms with E-state index in [0.717, 1.165) is 10.2 Å². The molecular weight excluding hydrogens is 357 g/mol. The lowest BCUT2D eigenvalue weighted by Gasteiger charge is -2.33. The van der Waals surface area contributed by atoms with Crippen molar-refractivity contribution in [2.75, 3.05) is 25.0 Å². The van der Waals surface area contributed by atoms with Crippen molar-refractivity contribution in [1.29, 1.82) is 0 Å². The number of likely N-dealkylation sites (tertiary alicyclic amines) is 1. The predicted octanol–water partition coefficient (Wildman–Crippen LogP) is 4.54. The van der Waals surface area contributed by atoms with Crippen LogP contribution >= 0.6 is 27.5 Å². The van der Waals surface area contributed by atoms with Crippen LogP contribution in [0.2, 0.25) is 5.02 Å². The third-order valence-corrected chi connectivity index (χ3v) is 4.51. The Kier molecular flexibility index (Phi) is 5.20. The summed E-state index contributed by atoms with van der Waals surface area (Å²) in [7, 11) is 0. The molecule has 0 aliphatic carbocycles. The fourth-order valence-corrected chi connectivity index (χ4v) is 2.74. The van der Waals surface area contributed by atoms with Gasteiger partial charge in [-0.05, 0) is 47.0 Å². The highest BCUT2D eigenvalue weighted by Gasteiger charge is 2.32. The maximum atomic E-state index is 12.3. The third-order valence-electron chi connectivity index (χ3n) is 3.28. The van der Waals surface area contributed by atoms with Gasteiger partial charge in [0.2, 0.25) is 0 Å². The van der Waals surface area contributed by atoms with Gasteiger partial charge in [-0.2, -0.15) is 13.2 Å². The van der Waals surface area contributed by atoms with Crippen LogP contribution in [-0.4, -0.2) is 36.8 Å². The van der Waals surface area contributed by atoms with Crippen molar-refractivity contribution in [3.8, 4) is 0 Å². The first-order valence-corrected chi connectivity index (χ1v) is 7.51. The zero-order valence-electron chi connectivity index (χ0n) is 10.7. The molecule has 1 aliphatic rings. The quantitative estimate of drug-likeness (QED) is 0.839. The van der Waals surface area contributed by atoms with Crippen LogP contribution in [0.5, 0.6) is 0 Å². The molecule has 2 rings (SSSR count). The maximum Gasteiger partial charge on any atom is 0.401 e. The van der Waals surface area contributed by atoms with Gasteiger partial charge in [-0.25, -0.2) is 0 Å². The SMILES string of the molecule is FC(F)(F)CN1CCC(Nc2ccc(Br)c(Cl)c2)CC1. The maximum absolute atomic E-state index is 12.3. The van der Waals surface area contributed by atoms with Gasteiger partial charge in [0, 0.05) is 29.3 Å². The summed E-state index contributed by atoms with van der Waals surface area (Å²) in [5.74, 6) is 0. The molecule has 0 bridgehead atoms. The number of nitrogens with one attached hydrogen (secondary N) is 1. The topological polar surface area (TPSA) is 15.3 Å². The van der Waals surface area contributed by atoms with E-state index in [-0.39, 0.29) is 6.04 Å². The Morgan fingerprint density at radius 1 is 1.30 bits per heavy atom. The Hall–Kier alpha value is -0.460. The lowest BCUT2D eigenvalue weighted by molar-refractivity contribution is -0.147. The molecule has 2 nitrogen and oxygen atoms in total. The Labute approximate surface area is 129 Å². The van der Waals surface area contributed by atoms with Gasteiger partial charge in [-0.15, -0.1) is 0 Å². The Morgan fingerprint density at radius 3 is 2.50 bits per heavy atom. The number of halogens is 5. The Balaban J connectivity index is 1.83. The van der Waals surface area contributed by atoms with Crippen molar-refractivity contribution >= 4 is 33.2 Å². The zero-order chi connectivity index (χ0) is 14.8. The van der Waals surface area contributed by atoms with E-state index in [9.17, 15) is 13.2 Å². The van der Waals surface area contributed by atoms with Gasteiger partial charge in [-0.1, -0.05) is 11.6 Å². The summed E-state index contributed by atoms with van der Waals surface area (Å²) in [5, 5.41) is 3.93. The highest BCUT2D eigenvalue weighted by molar-refractivity contribution is 9.10. The zero-order valence-corrected chi connectivity index (χ0v) is 13.0. The summed E-state index contributed by atoms with van der Waals surface area (Å²) in [6.07, 6.45) is -2.72. The summed E-state index contributed by atoms with van der Waals surface area (Å²) in [6, 6.07) is 5.76. The van der Waals surface area contributed by atoms with Crippen molar-refractivity contribution in [2.45, 2.75) is 25.1 Å². The summed E-state index contributed by atoms with van der Waals surface area (Å²) in [5.41, 5.74) is 0.896. The van der Waals surface area contributed by atoms with Crippen molar-refractivity contribution < 1.29 is 13.2 Å². The Morgan fingerprint density at radius 2 is 1.95 bits per heavy atom. The normalized spacial score (nSPS) is 18.2. The molecule has 20 heavy (non-hydrogen) atoms. The number of alkyl halides is 3. The van der Waals surface area contributed by atoms with Gasteiger partial charge in [0.15, 0.2) is 0 Å². The van der Waals surface area contributed by atoms with Gasteiger partial charge in [0.1, 0.15) is 0 Å². The molecule has 0 saturated carbocycles. The minimum absolute atomic E-state index is 0.191. The van der Waals surface area contributed by atoms with Gasteiger partial charge >= 0.3 is 6.18 Å². The minimum atomic E-state index is -4.11. The molecule has 1 aliphatic heterocycles. The number of anilines is 1. The van der Waals surface area contributed by atoms with Crippen molar-refractivity contribution in [1.82, 2.24) is 4.90 Å². The molecule has 0 aromatic heterocycles. The summed E-state index contributed by atoms with van der Waals surface area (Å²) >= 11 is 9.32. The summed E-state index contributed by atoms with van der Waals surface area (Å²) in [4.78, 5) is 1.45. The molecular formula is C13H15BrClF3N2. The lowest BCUT2D eigenvalue weighted by Crippen LogP contribution is -2.43. The second-order valence-electron chi connectivity index (χ2n) is 4.94. The second kappa shape index (κ2) is 6.54. The van der Waals surface area contributed by atoms with E-state index in [1.807, 2.05) is 18.2 Å². The number of benzene rings is 1. The van der Waals surface area contributed by atoms with Crippen LogP contribution in [0.3, 0.4) is 0 Å². The molecule has 0 radical (unpaired) electrons. The van der Waals surface area contributed by atoms with Crippen LogP contribution in [0.1, 0.15) is 12.8 Å². The molecule has 0 atom stereocenters. The molecule has 0 unspecified atom stereocenters. The van der Waals surface area contributed by atoms with Gasteiger partial charge < -0.3 is 5.32 Å². The molecule has 1 fully saturated rings. The monoisotopic (exact) mass is 370 g/mol. The van der Waals surface area contributed by atoms with Gasteiger partial charge in [-0.3, -0.25) is 4.90 Å². The molecule has 1 heterocycles. The number of nitrogens with zero attached hydrogens (tertiary/aromatic N) is 1. The number of hydrogen-bond acceptors (Lipinski definition) is 2.